The van der Waals surface area contributed by atoms with Crippen molar-refractivity contribution in [1.82, 2.24) is 10.3 Å². The van der Waals surface area contributed by atoms with Gasteiger partial charge in [0.15, 0.2) is 0 Å². The highest BCUT2D eigenvalue weighted by molar-refractivity contribution is 7.09. The monoisotopic (exact) mass is 271 g/mol. The minimum atomic E-state index is -0.602. The van der Waals surface area contributed by atoms with E-state index in [2.05, 4.69) is 15.0 Å². The minimum Gasteiger partial charge on any atom is -0.467 e. The highest BCUT2D eigenvalue weighted by Gasteiger charge is 2.19. The van der Waals surface area contributed by atoms with Crippen LogP contribution in [0.3, 0.4) is 0 Å². The lowest BCUT2D eigenvalue weighted by atomic mass is 10.2. The van der Waals surface area contributed by atoms with E-state index >= 15 is 0 Å². The molecule has 1 aromatic heterocycles. The number of carbonyl (C=O) groups is 2. The van der Waals surface area contributed by atoms with Gasteiger partial charge in [0.2, 0.25) is 5.91 Å². The molecule has 3 N–H and O–H groups in total. The zero-order valence-electron chi connectivity index (χ0n) is 10.4. The molecule has 0 aromatic carbocycles. The summed E-state index contributed by atoms with van der Waals surface area (Å²) >= 11 is 1.42. The number of rotatable bonds is 6. The summed E-state index contributed by atoms with van der Waals surface area (Å²) in [7, 11) is 1.30. The highest BCUT2D eigenvalue weighted by Crippen LogP contribution is 2.09. The number of esters is 1. The molecule has 0 aliphatic carbocycles. The van der Waals surface area contributed by atoms with Crippen molar-refractivity contribution in [2.45, 2.75) is 32.4 Å². The fourth-order valence-corrected chi connectivity index (χ4v) is 2.08. The van der Waals surface area contributed by atoms with Crippen LogP contribution >= 0.6 is 11.3 Å². The van der Waals surface area contributed by atoms with E-state index in [-0.39, 0.29) is 12.3 Å². The van der Waals surface area contributed by atoms with Crippen molar-refractivity contribution in [2.75, 3.05) is 7.11 Å². The van der Waals surface area contributed by atoms with E-state index in [9.17, 15) is 9.59 Å². The largest absolute Gasteiger partial charge is 0.467 e. The van der Waals surface area contributed by atoms with Crippen LogP contribution in [-0.2, 0) is 27.3 Å². The van der Waals surface area contributed by atoms with Gasteiger partial charge in [0.1, 0.15) is 11.0 Å². The van der Waals surface area contributed by atoms with Gasteiger partial charge in [-0.3, -0.25) is 4.79 Å². The van der Waals surface area contributed by atoms with Crippen LogP contribution in [-0.4, -0.2) is 30.0 Å². The summed E-state index contributed by atoms with van der Waals surface area (Å²) in [6.45, 7) is 2.17. The molecule has 0 aliphatic rings. The lowest BCUT2D eigenvalue weighted by Crippen LogP contribution is -2.41. The van der Waals surface area contributed by atoms with Crippen LogP contribution in [0.1, 0.15) is 24.0 Å². The van der Waals surface area contributed by atoms with Crippen LogP contribution in [0, 0.1) is 0 Å². The van der Waals surface area contributed by atoms with Gasteiger partial charge >= 0.3 is 5.97 Å². The molecule has 1 unspecified atom stereocenters. The first kappa shape index (κ1) is 14.6. The first-order valence-electron chi connectivity index (χ1n) is 5.61. The van der Waals surface area contributed by atoms with Crippen molar-refractivity contribution >= 4 is 23.2 Å². The van der Waals surface area contributed by atoms with E-state index < -0.39 is 12.0 Å². The Morgan fingerprint density at radius 2 is 2.33 bits per heavy atom. The Balaban J connectivity index is 2.52. The molecule has 6 nitrogen and oxygen atoms in total. The van der Waals surface area contributed by atoms with E-state index in [1.165, 1.54) is 18.4 Å². The maximum atomic E-state index is 11.7. The van der Waals surface area contributed by atoms with Crippen molar-refractivity contribution < 1.29 is 14.3 Å². The summed E-state index contributed by atoms with van der Waals surface area (Å²) in [5, 5.41) is 5.20. The highest BCUT2D eigenvalue weighted by atomic mass is 32.1. The van der Waals surface area contributed by atoms with Crippen molar-refractivity contribution in [3.63, 3.8) is 0 Å². The predicted molar refractivity (Wildman–Crippen MR) is 67.9 cm³/mol. The Morgan fingerprint density at radius 3 is 2.83 bits per heavy atom. The molecule has 1 atom stereocenters. The van der Waals surface area contributed by atoms with Gasteiger partial charge in [0.25, 0.3) is 0 Å². The van der Waals surface area contributed by atoms with Gasteiger partial charge < -0.3 is 15.8 Å². The van der Waals surface area contributed by atoms with Gasteiger partial charge in [-0.05, 0) is 6.42 Å². The van der Waals surface area contributed by atoms with Crippen LogP contribution in [0.5, 0.6) is 0 Å². The third kappa shape index (κ3) is 4.08. The quantitative estimate of drug-likeness (QED) is 0.721. The number of carbonyl (C=O) groups excluding carboxylic acids is 2. The number of hydrogen-bond donors (Lipinski definition) is 2. The summed E-state index contributed by atoms with van der Waals surface area (Å²) in [6.07, 6.45) is 0.632. The van der Waals surface area contributed by atoms with E-state index in [0.717, 1.165) is 5.01 Å². The standard InChI is InChI=1S/C11H17N3O3S/c1-3-8(11(16)17-2)14-9(15)4-7-6-18-10(5-12)13-7/h6,8H,3-5,12H2,1-2H3,(H,14,15). The molecule has 1 rings (SSSR count). The van der Waals surface area contributed by atoms with Crippen molar-refractivity contribution in [2.24, 2.45) is 5.73 Å². The van der Waals surface area contributed by atoms with Gasteiger partial charge in [0.05, 0.1) is 19.2 Å². The predicted octanol–water partition coefficient (Wildman–Crippen LogP) is 0.212. The summed E-state index contributed by atoms with van der Waals surface area (Å²) in [5.74, 6) is -0.687. The molecule has 1 heterocycles. The van der Waals surface area contributed by atoms with E-state index in [1.807, 2.05) is 0 Å². The molecule has 0 fully saturated rings. The Labute approximate surface area is 110 Å². The molecule has 0 aliphatic heterocycles. The number of nitrogens with zero attached hydrogens (tertiary/aromatic N) is 1. The van der Waals surface area contributed by atoms with Crippen molar-refractivity contribution in [3.8, 4) is 0 Å². The van der Waals surface area contributed by atoms with Crippen LogP contribution in [0.2, 0.25) is 0 Å². The zero-order valence-corrected chi connectivity index (χ0v) is 11.3. The third-order valence-electron chi connectivity index (χ3n) is 2.34. The number of nitrogens with one attached hydrogen (secondary N) is 1. The maximum Gasteiger partial charge on any atom is 0.328 e. The second kappa shape index (κ2) is 7.07. The van der Waals surface area contributed by atoms with E-state index in [0.29, 0.717) is 18.7 Å². The molecule has 0 saturated carbocycles. The van der Waals surface area contributed by atoms with Crippen LogP contribution in [0.4, 0.5) is 0 Å². The van der Waals surface area contributed by atoms with Crippen molar-refractivity contribution in [1.29, 1.82) is 0 Å². The number of nitrogens with two attached hydrogens (primary N) is 1. The second-order valence-electron chi connectivity index (χ2n) is 3.66. The Bertz CT molecular complexity index is 419. The fourth-order valence-electron chi connectivity index (χ4n) is 1.40. The number of methoxy groups -OCH3 is 1. The summed E-state index contributed by atoms with van der Waals surface area (Å²) in [6, 6.07) is -0.602. The summed E-state index contributed by atoms with van der Waals surface area (Å²) < 4.78 is 4.59. The fraction of sp³-hybridized carbons (Fsp3) is 0.545. The first-order valence-corrected chi connectivity index (χ1v) is 6.49. The maximum absolute atomic E-state index is 11.7. The molecule has 100 valence electrons. The lowest BCUT2D eigenvalue weighted by molar-refractivity contribution is -0.145. The average molecular weight is 271 g/mol. The van der Waals surface area contributed by atoms with Gasteiger partial charge in [-0.2, -0.15) is 0 Å². The van der Waals surface area contributed by atoms with Crippen molar-refractivity contribution in [3.05, 3.63) is 16.1 Å². The molecule has 0 radical (unpaired) electrons. The molecule has 0 bridgehead atoms. The first-order chi connectivity index (χ1) is 8.60. The van der Waals surface area contributed by atoms with E-state index in [1.54, 1.807) is 12.3 Å². The topological polar surface area (TPSA) is 94.3 Å². The van der Waals surface area contributed by atoms with Crippen LogP contribution in [0.25, 0.3) is 0 Å². The van der Waals surface area contributed by atoms with E-state index in [4.69, 9.17) is 5.73 Å². The molecule has 18 heavy (non-hydrogen) atoms. The molecule has 0 spiro atoms. The van der Waals surface area contributed by atoms with Gasteiger partial charge in [-0.15, -0.1) is 11.3 Å². The lowest BCUT2D eigenvalue weighted by Gasteiger charge is -2.13. The molecular weight excluding hydrogens is 254 g/mol. The number of hydrogen-bond acceptors (Lipinski definition) is 6. The molecule has 1 aromatic rings. The van der Waals surface area contributed by atoms with Gasteiger partial charge in [-0.1, -0.05) is 6.92 Å². The van der Waals surface area contributed by atoms with Gasteiger partial charge in [-0.25, -0.2) is 9.78 Å². The Hall–Kier alpha value is -1.47. The van der Waals surface area contributed by atoms with Gasteiger partial charge in [0, 0.05) is 11.9 Å². The number of amides is 1. The number of thiazole rings is 1. The molecule has 1 amide bonds. The third-order valence-corrected chi connectivity index (χ3v) is 3.26. The molecule has 0 saturated heterocycles. The Morgan fingerprint density at radius 1 is 1.61 bits per heavy atom. The van der Waals surface area contributed by atoms with Crippen LogP contribution in [0.15, 0.2) is 5.38 Å². The Kier molecular flexibility index (Phi) is 5.73. The normalized spacial score (nSPS) is 11.9. The SMILES string of the molecule is CCC(NC(=O)Cc1csc(CN)n1)C(=O)OC. The smallest absolute Gasteiger partial charge is 0.328 e. The number of ether oxygens (including phenoxy) is 1. The van der Waals surface area contributed by atoms with Crippen LogP contribution < -0.4 is 11.1 Å². The summed E-state index contributed by atoms with van der Waals surface area (Å²) in [5.41, 5.74) is 6.10. The average Bonchev–Trinajstić information content (AvgIpc) is 2.82. The molecule has 7 heteroatoms. The number of aromatic nitrogens is 1. The summed E-state index contributed by atoms with van der Waals surface area (Å²) in [4.78, 5) is 27.2. The molecular formula is C11H17N3O3S. The zero-order chi connectivity index (χ0) is 13.5. The second-order valence-corrected chi connectivity index (χ2v) is 4.61. The minimum absolute atomic E-state index is 0.143.